The Bertz CT molecular complexity index is 924. The third kappa shape index (κ3) is 4.28. The van der Waals surface area contributed by atoms with Crippen molar-refractivity contribution < 1.29 is 17.9 Å². The minimum atomic E-state index is -3.30. The largest absolute Gasteiger partial charge is 0.376 e. The Morgan fingerprint density at radius 2 is 1.64 bits per heavy atom. The van der Waals surface area contributed by atoms with E-state index in [0.29, 0.717) is 6.54 Å². The summed E-state index contributed by atoms with van der Waals surface area (Å²) in [5, 5.41) is 2.51. The van der Waals surface area contributed by atoms with E-state index in [1.165, 1.54) is 11.1 Å². The molecule has 2 aromatic carbocycles. The first kappa shape index (κ1) is 20.6. The van der Waals surface area contributed by atoms with Crippen LogP contribution < -0.4 is 5.32 Å². The fourth-order valence-corrected chi connectivity index (χ4v) is 4.64. The molecule has 0 aliphatic heterocycles. The van der Waals surface area contributed by atoms with Crippen molar-refractivity contribution >= 4 is 15.7 Å². The normalized spacial score (nSPS) is 15.4. The second-order valence-corrected chi connectivity index (χ2v) is 10.2. The number of rotatable bonds is 7. The Kier molecular flexibility index (Phi) is 5.91. The highest BCUT2D eigenvalue weighted by molar-refractivity contribution is 7.92. The van der Waals surface area contributed by atoms with Crippen LogP contribution in [0.3, 0.4) is 0 Å². The molecule has 150 valence electrons. The molecule has 6 heteroatoms. The van der Waals surface area contributed by atoms with Crippen LogP contribution in [0.5, 0.6) is 0 Å². The standard InChI is InChI=1S/C22H27NO4S/c1-16(2)28(25,26)20-10-8-17(9-11-20)12-21(24)23-15-22(27-3)13-18-6-4-5-7-19(18)14-22/h4-11,16H,12-15H2,1-3H3,(H,23,24). The van der Waals surface area contributed by atoms with Gasteiger partial charge in [-0.3, -0.25) is 4.79 Å². The lowest BCUT2D eigenvalue weighted by Crippen LogP contribution is -2.45. The van der Waals surface area contributed by atoms with Gasteiger partial charge in [-0.25, -0.2) is 8.42 Å². The number of hydrogen-bond acceptors (Lipinski definition) is 4. The van der Waals surface area contributed by atoms with Crippen LogP contribution in [-0.2, 0) is 38.6 Å². The molecule has 0 saturated carbocycles. The number of carbonyl (C=O) groups is 1. The van der Waals surface area contributed by atoms with E-state index in [1.807, 2.05) is 12.1 Å². The number of carbonyl (C=O) groups excluding carboxylic acids is 1. The van der Waals surface area contributed by atoms with E-state index in [-0.39, 0.29) is 17.2 Å². The van der Waals surface area contributed by atoms with Crippen LogP contribution in [-0.4, -0.2) is 38.8 Å². The molecule has 3 rings (SSSR count). The van der Waals surface area contributed by atoms with Crippen molar-refractivity contribution in [1.29, 1.82) is 0 Å². The Labute approximate surface area is 167 Å². The molecule has 0 radical (unpaired) electrons. The smallest absolute Gasteiger partial charge is 0.224 e. The predicted octanol–water partition coefficient (Wildman–Crippen LogP) is 2.71. The van der Waals surface area contributed by atoms with Gasteiger partial charge in [-0.15, -0.1) is 0 Å². The topological polar surface area (TPSA) is 72.5 Å². The summed E-state index contributed by atoms with van der Waals surface area (Å²) >= 11 is 0. The van der Waals surface area contributed by atoms with E-state index in [4.69, 9.17) is 4.74 Å². The van der Waals surface area contributed by atoms with Crippen molar-refractivity contribution in [1.82, 2.24) is 5.32 Å². The summed E-state index contributed by atoms with van der Waals surface area (Å²) in [7, 11) is -1.61. The van der Waals surface area contributed by atoms with Crippen LogP contribution >= 0.6 is 0 Å². The number of fused-ring (bicyclic) bond motifs is 1. The number of nitrogens with one attached hydrogen (secondary N) is 1. The zero-order chi connectivity index (χ0) is 20.4. The van der Waals surface area contributed by atoms with Gasteiger partial charge in [0.25, 0.3) is 0 Å². The average molecular weight is 402 g/mol. The summed E-state index contributed by atoms with van der Waals surface area (Å²) in [6.45, 7) is 3.75. The molecule has 1 amide bonds. The van der Waals surface area contributed by atoms with Crippen molar-refractivity contribution in [3.05, 3.63) is 65.2 Å². The molecule has 0 aromatic heterocycles. The minimum Gasteiger partial charge on any atom is -0.376 e. The highest BCUT2D eigenvalue weighted by Crippen LogP contribution is 2.32. The number of sulfone groups is 1. The van der Waals surface area contributed by atoms with Crippen molar-refractivity contribution in [3.8, 4) is 0 Å². The van der Waals surface area contributed by atoms with E-state index in [0.717, 1.165) is 18.4 Å². The van der Waals surface area contributed by atoms with Gasteiger partial charge >= 0.3 is 0 Å². The van der Waals surface area contributed by atoms with Crippen molar-refractivity contribution in [2.45, 2.75) is 48.9 Å². The summed E-state index contributed by atoms with van der Waals surface area (Å²) in [6.07, 6.45) is 1.76. The van der Waals surface area contributed by atoms with E-state index in [2.05, 4.69) is 17.4 Å². The Balaban J connectivity index is 1.59. The lowest BCUT2D eigenvalue weighted by Gasteiger charge is -2.27. The zero-order valence-electron chi connectivity index (χ0n) is 16.6. The second-order valence-electron chi connectivity index (χ2n) is 7.70. The van der Waals surface area contributed by atoms with Gasteiger partial charge in [-0.1, -0.05) is 36.4 Å². The molecule has 2 aromatic rings. The number of benzene rings is 2. The summed E-state index contributed by atoms with van der Waals surface area (Å²) in [5.41, 5.74) is 2.90. The van der Waals surface area contributed by atoms with Gasteiger partial charge in [0, 0.05) is 26.5 Å². The lowest BCUT2D eigenvalue weighted by molar-refractivity contribution is -0.122. The number of hydrogen-bond donors (Lipinski definition) is 1. The molecule has 5 nitrogen and oxygen atoms in total. The lowest BCUT2D eigenvalue weighted by atomic mass is 10.00. The first-order valence-corrected chi connectivity index (χ1v) is 11.0. The quantitative estimate of drug-likeness (QED) is 0.774. The molecular weight excluding hydrogens is 374 g/mol. The maximum absolute atomic E-state index is 12.4. The predicted molar refractivity (Wildman–Crippen MR) is 109 cm³/mol. The Morgan fingerprint density at radius 3 is 2.14 bits per heavy atom. The van der Waals surface area contributed by atoms with Gasteiger partial charge in [0.2, 0.25) is 5.91 Å². The first-order chi connectivity index (χ1) is 13.3. The summed E-state index contributed by atoms with van der Waals surface area (Å²) in [5.74, 6) is -0.105. The second kappa shape index (κ2) is 8.05. The molecule has 0 fully saturated rings. The molecule has 1 aliphatic rings. The van der Waals surface area contributed by atoms with Gasteiger partial charge in [0.05, 0.1) is 22.2 Å². The maximum Gasteiger partial charge on any atom is 0.224 e. The van der Waals surface area contributed by atoms with E-state index in [1.54, 1.807) is 45.2 Å². The van der Waals surface area contributed by atoms with Gasteiger partial charge < -0.3 is 10.1 Å². The van der Waals surface area contributed by atoms with E-state index < -0.39 is 20.7 Å². The fraction of sp³-hybridized carbons (Fsp3) is 0.409. The molecule has 28 heavy (non-hydrogen) atoms. The van der Waals surface area contributed by atoms with Crippen molar-refractivity contribution in [2.24, 2.45) is 0 Å². The highest BCUT2D eigenvalue weighted by Gasteiger charge is 2.37. The molecule has 0 atom stereocenters. The maximum atomic E-state index is 12.4. The molecule has 0 heterocycles. The van der Waals surface area contributed by atoms with Crippen molar-refractivity contribution in [3.63, 3.8) is 0 Å². The Hall–Kier alpha value is -2.18. The number of ether oxygens (including phenoxy) is 1. The molecule has 1 N–H and O–H groups in total. The number of methoxy groups -OCH3 is 1. The van der Waals surface area contributed by atoms with Crippen LogP contribution in [0.15, 0.2) is 53.4 Å². The molecular formula is C22H27NO4S. The van der Waals surface area contributed by atoms with Gasteiger partial charge in [0.15, 0.2) is 9.84 Å². The zero-order valence-corrected chi connectivity index (χ0v) is 17.4. The number of amides is 1. The monoisotopic (exact) mass is 401 g/mol. The van der Waals surface area contributed by atoms with Crippen LogP contribution in [0.1, 0.15) is 30.5 Å². The molecule has 0 unspecified atom stereocenters. The van der Waals surface area contributed by atoms with E-state index >= 15 is 0 Å². The third-order valence-electron chi connectivity index (χ3n) is 5.42. The Morgan fingerprint density at radius 1 is 1.07 bits per heavy atom. The molecule has 0 bridgehead atoms. The van der Waals surface area contributed by atoms with Crippen LogP contribution in [0.25, 0.3) is 0 Å². The molecule has 1 aliphatic carbocycles. The van der Waals surface area contributed by atoms with Crippen LogP contribution in [0.2, 0.25) is 0 Å². The van der Waals surface area contributed by atoms with Crippen molar-refractivity contribution in [2.75, 3.05) is 13.7 Å². The van der Waals surface area contributed by atoms with Crippen LogP contribution in [0.4, 0.5) is 0 Å². The van der Waals surface area contributed by atoms with E-state index in [9.17, 15) is 13.2 Å². The summed E-state index contributed by atoms with van der Waals surface area (Å²) < 4.78 is 30.1. The molecule has 0 spiro atoms. The SMILES string of the molecule is COC1(CNC(=O)Cc2ccc(S(=O)(=O)C(C)C)cc2)Cc2ccccc2C1. The van der Waals surface area contributed by atoms with Gasteiger partial charge in [-0.05, 0) is 42.7 Å². The summed E-state index contributed by atoms with van der Waals surface area (Å²) in [6, 6.07) is 14.8. The third-order valence-corrected chi connectivity index (χ3v) is 7.59. The van der Waals surface area contributed by atoms with Gasteiger partial charge in [-0.2, -0.15) is 0 Å². The minimum absolute atomic E-state index is 0.105. The highest BCUT2D eigenvalue weighted by atomic mass is 32.2. The first-order valence-electron chi connectivity index (χ1n) is 9.47. The average Bonchev–Trinajstić information content (AvgIpc) is 3.06. The fourth-order valence-electron chi connectivity index (χ4n) is 3.58. The van der Waals surface area contributed by atoms with Crippen LogP contribution in [0, 0.1) is 0 Å². The van der Waals surface area contributed by atoms with Gasteiger partial charge in [0.1, 0.15) is 0 Å². The molecule has 0 saturated heterocycles. The summed E-state index contributed by atoms with van der Waals surface area (Å²) in [4.78, 5) is 12.7.